The van der Waals surface area contributed by atoms with Gasteiger partial charge < -0.3 is 10.5 Å². The summed E-state index contributed by atoms with van der Waals surface area (Å²) in [5.74, 6) is -0.913. The highest BCUT2D eigenvalue weighted by molar-refractivity contribution is 5.88. The molecule has 4 heteroatoms. The monoisotopic (exact) mass is 202 g/mol. The fourth-order valence-electron chi connectivity index (χ4n) is 1.28. The van der Waals surface area contributed by atoms with Crippen LogP contribution in [-0.2, 0) is 0 Å². The third-order valence-corrected chi connectivity index (χ3v) is 2.05. The van der Waals surface area contributed by atoms with E-state index >= 15 is 0 Å². The first-order valence-electron chi connectivity index (χ1n) is 4.49. The second kappa shape index (κ2) is 3.88. The van der Waals surface area contributed by atoms with Gasteiger partial charge in [0, 0.05) is 12.4 Å². The topological polar surface area (TPSA) is 52.6 Å². The normalized spacial score (nSPS) is 13.7. The molecule has 1 aromatic rings. The van der Waals surface area contributed by atoms with Gasteiger partial charge in [-0.3, -0.25) is 5.01 Å². The minimum Gasteiger partial charge on any atom is -0.478 e. The number of aromatic carboxylic acids is 1. The lowest BCUT2D eigenvalue weighted by Gasteiger charge is -2.21. The lowest BCUT2D eigenvalue weighted by atomic mass is 10.2. The molecular weight excluding hydrogens is 192 g/mol. The van der Waals surface area contributed by atoms with E-state index in [0.717, 1.165) is 5.69 Å². The molecule has 0 fully saturated rings. The number of rotatable bonds is 2. The molecule has 0 radical (unpaired) electrons. The molecule has 0 saturated carbocycles. The van der Waals surface area contributed by atoms with E-state index in [4.69, 9.17) is 5.11 Å². The predicted molar refractivity (Wildman–Crippen MR) is 57.3 cm³/mol. The van der Waals surface area contributed by atoms with E-state index in [1.165, 1.54) is 0 Å². The minimum atomic E-state index is -0.913. The maximum Gasteiger partial charge on any atom is 0.335 e. The molecular formula is C11H10N2O2. The smallest absolute Gasteiger partial charge is 0.335 e. The first-order chi connectivity index (χ1) is 7.27. The molecule has 0 amide bonds. The van der Waals surface area contributed by atoms with Crippen LogP contribution in [0.4, 0.5) is 5.69 Å². The SMILES string of the molecule is O=C(O)c1ccc(N2C=CC=CN2)cc1. The van der Waals surface area contributed by atoms with Crippen molar-refractivity contribution in [1.29, 1.82) is 0 Å². The molecule has 15 heavy (non-hydrogen) atoms. The zero-order valence-electron chi connectivity index (χ0n) is 7.92. The lowest BCUT2D eigenvalue weighted by molar-refractivity contribution is 0.0697. The summed E-state index contributed by atoms with van der Waals surface area (Å²) in [5, 5.41) is 10.5. The van der Waals surface area contributed by atoms with Crippen molar-refractivity contribution in [2.24, 2.45) is 0 Å². The number of carbonyl (C=O) groups is 1. The molecule has 76 valence electrons. The number of hydrogen-bond acceptors (Lipinski definition) is 3. The summed E-state index contributed by atoms with van der Waals surface area (Å²) in [7, 11) is 0. The number of hydrogen-bond donors (Lipinski definition) is 2. The summed E-state index contributed by atoms with van der Waals surface area (Å²) in [6.45, 7) is 0. The molecule has 4 nitrogen and oxygen atoms in total. The summed E-state index contributed by atoms with van der Waals surface area (Å²) < 4.78 is 0. The molecule has 2 rings (SSSR count). The third kappa shape index (κ3) is 1.99. The minimum absolute atomic E-state index is 0.287. The Morgan fingerprint density at radius 2 is 1.93 bits per heavy atom. The zero-order valence-corrected chi connectivity index (χ0v) is 7.92. The van der Waals surface area contributed by atoms with Crippen molar-refractivity contribution < 1.29 is 9.90 Å². The Hall–Kier alpha value is -2.23. The molecule has 0 atom stereocenters. The number of carboxylic acids is 1. The Bertz CT molecular complexity index is 421. The van der Waals surface area contributed by atoms with Crippen LogP contribution in [0, 0.1) is 0 Å². The van der Waals surface area contributed by atoms with Gasteiger partial charge >= 0.3 is 5.97 Å². The van der Waals surface area contributed by atoms with Crippen LogP contribution in [-0.4, -0.2) is 11.1 Å². The molecule has 1 heterocycles. The number of allylic oxidation sites excluding steroid dienone is 2. The Balaban J connectivity index is 2.20. The Labute approximate surface area is 87.1 Å². The van der Waals surface area contributed by atoms with Gasteiger partial charge in [-0.15, -0.1) is 0 Å². The molecule has 2 N–H and O–H groups in total. The van der Waals surface area contributed by atoms with Gasteiger partial charge in [0.2, 0.25) is 0 Å². The molecule has 0 spiro atoms. The van der Waals surface area contributed by atoms with Crippen molar-refractivity contribution in [3.8, 4) is 0 Å². The highest BCUT2D eigenvalue weighted by atomic mass is 16.4. The van der Waals surface area contributed by atoms with Crippen LogP contribution in [0.3, 0.4) is 0 Å². The van der Waals surface area contributed by atoms with Crippen molar-refractivity contribution in [3.05, 3.63) is 54.4 Å². The summed E-state index contributed by atoms with van der Waals surface area (Å²) in [4.78, 5) is 10.6. The lowest BCUT2D eigenvalue weighted by Crippen LogP contribution is -2.29. The Morgan fingerprint density at radius 1 is 1.20 bits per heavy atom. The van der Waals surface area contributed by atoms with Gasteiger partial charge in [0.05, 0.1) is 11.3 Å². The van der Waals surface area contributed by atoms with Gasteiger partial charge in [0.15, 0.2) is 0 Å². The molecule has 0 aliphatic carbocycles. The maximum atomic E-state index is 10.6. The van der Waals surface area contributed by atoms with Crippen molar-refractivity contribution in [3.63, 3.8) is 0 Å². The fourth-order valence-corrected chi connectivity index (χ4v) is 1.28. The average molecular weight is 202 g/mol. The highest BCUT2D eigenvalue weighted by Crippen LogP contribution is 2.15. The van der Waals surface area contributed by atoms with E-state index in [2.05, 4.69) is 5.43 Å². The summed E-state index contributed by atoms with van der Waals surface area (Å²) >= 11 is 0. The molecule has 0 aromatic heterocycles. The first-order valence-corrected chi connectivity index (χ1v) is 4.49. The van der Waals surface area contributed by atoms with Gasteiger partial charge in [0.25, 0.3) is 0 Å². The van der Waals surface area contributed by atoms with E-state index in [-0.39, 0.29) is 5.56 Å². The largest absolute Gasteiger partial charge is 0.478 e. The van der Waals surface area contributed by atoms with Crippen molar-refractivity contribution in [2.75, 3.05) is 5.01 Å². The second-order valence-corrected chi connectivity index (χ2v) is 3.05. The number of nitrogens with one attached hydrogen (secondary N) is 1. The number of hydrazine groups is 1. The van der Waals surface area contributed by atoms with Crippen molar-refractivity contribution in [1.82, 2.24) is 5.43 Å². The van der Waals surface area contributed by atoms with E-state index in [1.54, 1.807) is 35.5 Å². The molecule has 1 aromatic carbocycles. The zero-order chi connectivity index (χ0) is 10.7. The van der Waals surface area contributed by atoms with Crippen molar-refractivity contribution in [2.45, 2.75) is 0 Å². The first kappa shape index (κ1) is 9.33. The van der Waals surface area contributed by atoms with Crippen LogP contribution in [0.2, 0.25) is 0 Å². The van der Waals surface area contributed by atoms with E-state index in [9.17, 15) is 4.79 Å². The van der Waals surface area contributed by atoms with Gasteiger partial charge in [0.1, 0.15) is 0 Å². The predicted octanol–water partition coefficient (Wildman–Crippen LogP) is 1.74. The average Bonchev–Trinajstić information content (AvgIpc) is 2.30. The maximum absolute atomic E-state index is 10.6. The summed E-state index contributed by atoms with van der Waals surface area (Å²) in [6.07, 6.45) is 7.42. The van der Waals surface area contributed by atoms with Gasteiger partial charge in [-0.1, -0.05) is 0 Å². The summed E-state index contributed by atoms with van der Waals surface area (Å²) in [6, 6.07) is 6.65. The van der Waals surface area contributed by atoms with Crippen LogP contribution in [0.25, 0.3) is 0 Å². The number of anilines is 1. The second-order valence-electron chi connectivity index (χ2n) is 3.05. The van der Waals surface area contributed by atoms with Gasteiger partial charge in [-0.2, -0.15) is 0 Å². The van der Waals surface area contributed by atoms with Crippen LogP contribution < -0.4 is 10.4 Å². The molecule has 0 saturated heterocycles. The molecule has 1 aliphatic rings. The number of nitrogens with zero attached hydrogens (tertiary/aromatic N) is 1. The summed E-state index contributed by atoms with van der Waals surface area (Å²) in [5.41, 5.74) is 4.18. The fraction of sp³-hybridized carbons (Fsp3) is 0. The number of carboxylic acid groups (broad SMARTS) is 1. The van der Waals surface area contributed by atoms with Gasteiger partial charge in [-0.05, 0) is 36.4 Å². The molecule has 1 aliphatic heterocycles. The quantitative estimate of drug-likeness (QED) is 0.767. The van der Waals surface area contributed by atoms with Crippen LogP contribution in [0.15, 0.2) is 48.8 Å². The third-order valence-electron chi connectivity index (χ3n) is 2.05. The van der Waals surface area contributed by atoms with Crippen LogP contribution in [0.5, 0.6) is 0 Å². The van der Waals surface area contributed by atoms with E-state index < -0.39 is 5.97 Å². The highest BCUT2D eigenvalue weighted by Gasteiger charge is 2.05. The molecule has 0 unspecified atom stereocenters. The molecule has 0 bridgehead atoms. The van der Waals surface area contributed by atoms with Crippen LogP contribution in [0.1, 0.15) is 10.4 Å². The number of benzene rings is 1. The standard InChI is InChI=1S/C11H10N2O2/c14-11(15)9-3-5-10(6-4-9)13-8-2-1-7-12-13/h1-8,12H,(H,14,15). The van der Waals surface area contributed by atoms with Crippen LogP contribution >= 0.6 is 0 Å². The van der Waals surface area contributed by atoms with Crippen molar-refractivity contribution >= 4 is 11.7 Å². The Kier molecular flexibility index (Phi) is 2.41. The van der Waals surface area contributed by atoms with Gasteiger partial charge in [-0.25, -0.2) is 4.79 Å². The Morgan fingerprint density at radius 3 is 2.47 bits per heavy atom. The van der Waals surface area contributed by atoms with E-state index in [1.807, 2.05) is 18.4 Å². The van der Waals surface area contributed by atoms with E-state index in [0.29, 0.717) is 0 Å².